The molecule has 1 spiro atoms. The zero-order valence-corrected chi connectivity index (χ0v) is 29.2. The van der Waals surface area contributed by atoms with E-state index >= 15 is 0 Å². The van der Waals surface area contributed by atoms with E-state index in [1.165, 1.54) is 4.68 Å². The normalized spacial score (nSPS) is 25.1. The first-order valence-corrected chi connectivity index (χ1v) is 19.9. The predicted molar refractivity (Wildman–Crippen MR) is 187 cm³/mol. The van der Waals surface area contributed by atoms with Gasteiger partial charge in [0, 0.05) is 29.0 Å². The molecule has 0 saturated carbocycles. The number of fused-ring (bicyclic) bond motifs is 3. The maximum atomic E-state index is 14.9. The highest BCUT2D eigenvalue weighted by molar-refractivity contribution is 6.71. The number of carbonyl (C=O) groups is 2. The Hall–Kier alpha value is -4.36. The molecule has 2 amide bonds. The number of nitrogens with zero attached hydrogens (tertiary/aromatic N) is 4. The van der Waals surface area contributed by atoms with Gasteiger partial charge in [0.05, 0.1) is 61.8 Å². The number of aliphatic hydroxyl groups is 1. The molecular weight excluding hydrogens is 641 g/mol. The monoisotopic (exact) mass is 682 g/mol. The fraction of sp³-hybridized carbons (Fsp3) is 0.405. The van der Waals surface area contributed by atoms with E-state index in [-0.39, 0.29) is 43.0 Å². The van der Waals surface area contributed by atoms with Crippen molar-refractivity contribution in [2.24, 2.45) is 5.92 Å². The van der Waals surface area contributed by atoms with Gasteiger partial charge in [-0.25, -0.2) is 0 Å². The topological polar surface area (TPSA) is 134 Å². The number of hydrogen-bond donors (Lipinski definition) is 2. The summed E-state index contributed by atoms with van der Waals surface area (Å²) < 4.78 is 13.8. The van der Waals surface area contributed by atoms with Crippen molar-refractivity contribution in [2.45, 2.75) is 69.1 Å². The van der Waals surface area contributed by atoms with Crippen LogP contribution in [0.3, 0.4) is 0 Å². The van der Waals surface area contributed by atoms with Crippen LogP contribution < -0.4 is 15.2 Å². The summed E-state index contributed by atoms with van der Waals surface area (Å²) in [6, 6.07) is 20.0. The Labute approximate surface area is 285 Å². The van der Waals surface area contributed by atoms with E-state index in [4.69, 9.17) is 9.47 Å². The number of ether oxygens (including phenoxy) is 2. The average molecular weight is 683 g/mol. The SMILES string of the molecule is COc1ccc2c(c1)[C@@]1(O[C@H](CC(=O)N3CCC[C@H]3CO)[C@@H]([Si](C)(C)O)[C@@H]1C)C(=O)N2Cc1cccc(-n2ncc3ccccc3c2=O)c1. The highest BCUT2D eigenvalue weighted by Crippen LogP contribution is 2.60. The number of rotatable bonds is 8. The van der Waals surface area contributed by atoms with Gasteiger partial charge < -0.3 is 29.2 Å². The van der Waals surface area contributed by atoms with Crippen molar-refractivity contribution in [1.82, 2.24) is 14.7 Å². The van der Waals surface area contributed by atoms with Gasteiger partial charge in [-0.3, -0.25) is 14.4 Å². The van der Waals surface area contributed by atoms with Crippen LogP contribution in [0.15, 0.2) is 77.7 Å². The minimum absolute atomic E-state index is 0.00633. The lowest BCUT2D eigenvalue weighted by molar-refractivity contribution is -0.150. The van der Waals surface area contributed by atoms with Crippen molar-refractivity contribution in [1.29, 1.82) is 0 Å². The summed E-state index contributed by atoms with van der Waals surface area (Å²) in [5, 5.41) is 15.6. The number of benzene rings is 3. The van der Waals surface area contributed by atoms with E-state index in [2.05, 4.69) is 5.10 Å². The van der Waals surface area contributed by atoms with Crippen LogP contribution in [0.1, 0.15) is 37.3 Å². The maximum absolute atomic E-state index is 14.9. The standard InChI is InChI=1S/C37H42N4O7Si/c1-23-34(49(3,4)46)32(19-33(43)39-16-8-12-27(39)22-42)48-37(23)30-18-28(47-2)14-15-31(30)40(36(37)45)21-24-9-7-11-26(17-24)41-35(44)29-13-6-5-10-25(29)20-38-41/h5-7,9-11,13-15,17-18,20,23,27,32,34,42,46H,8,12,16,19,21-22H2,1-4H3/t23-,27-,32+,34-,37+/m0/s1. The molecule has 3 aliphatic heterocycles. The van der Waals surface area contributed by atoms with Gasteiger partial charge in [-0.2, -0.15) is 9.78 Å². The molecule has 2 fully saturated rings. The number of anilines is 1. The third-order valence-corrected chi connectivity index (χ3v) is 13.2. The van der Waals surface area contributed by atoms with Gasteiger partial charge >= 0.3 is 0 Å². The highest BCUT2D eigenvalue weighted by Gasteiger charge is 2.66. The molecule has 0 aliphatic carbocycles. The van der Waals surface area contributed by atoms with Gasteiger partial charge in [-0.05, 0) is 67.9 Å². The van der Waals surface area contributed by atoms with Crippen molar-refractivity contribution in [3.8, 4) is 11.4 Å². The molecule has 49 heavy (non-hydrogen) atoms. The summed E-state index contributed by atoms with van der Waals surface area (Å²) in [5.41, 5.74) is 0.531. The largest absolute Gasteiger partial charge is 0.497 e. The number of aromatic nitrogens is 2. The van der Waals surface area contributed by atoms with Gasteiger partial charge in [0.15, 0.2) is 13.9 Å². The molecule has 0 bridgehead atoms. The first-order valence-electron chi connectivity index (χ1n) is 16.8. The Morgan fingerprint density at radius 2 is 1.90 bits per heavy atom. The number of amides is 2. The predicted octanol–water partition coefficient (Wildman–Crippen LogP) is 4.11. The summed E-state index contributed by atoms with van der Waals surface area (Å²) in [7, 11) is -1.43. The van der Waals surface area contributed by atoms with E-state index in [1.54, 1.807) is 35.2 Å². The van der Waals surface area contributed by atoms with Crippen molar-refractivity contribution < 1.29 is 29.0 Å². The molecule has 4 heterocycles. The lowest BCUT2D eigenvalue weighted by atomic mass is 9.82. The molecule has 2 saturated heterocycles. The Kier molecular flexibility index (Phi) is 8.46. The summed E-state index contributed by atoms with van der Waals surface area (Å²) in [6.45, 7) is 6.25. The number of carbonyl (C=O) groups excluding carboxylic acids is 2. The van der Waals surface area contributed by atoms with Crippen LogP contribution in [0.5, 0.6) is 5.75 Å². The number of aliphatic hydroxyl groups excluding tert-OH is 1. The third-order valence-electron chi connectivity index (χ3n) is 10.7. The van der Waals surface area contributed by atoms with Gasteiger partial charge in [0.25, 0.3) is 11.5 Å². The Balaban J connectivity index is 1.26. The molecule has 4 aromatic rings. The molecule has 256 valence electrons. The van der Waals surface area contributed by atoms with Crippen LogP contribution in [-0.4, -0.2) is 77.1 Å². The van der Waals surface area contributed by atoms with Crippen molar-refractivity contribution in [3.63, 3.8) is 0 Å². The summed E-state index contributed by atoms with van der Waals surface area (Å²) >= 11 is 0. The van der Waals surface area contributed by atoms with Gasteiger partial charge in [-0.1, -0.05) is 37.3 Å². The van der Waals surface area contributed by atoms with Crippen molar-refractivity contribution in [2.75, 3.05) is 25.2 Å². The molecule has 1 aromatic heterocycles. The second-order valence-corrected chi connectivity index (χ2v) is 18.0. The van der Waals surface area contributed by atoms with Crippen LogP contribution in [0.4, 0.5) is 5.69 Å². The molecule has 3 aliphatic rings. The van der Waals surface area contributed by atoms with Gasteiger partial charge in [-0.15, -0.1) is 0 Å². The minimum Gasteiger partial charge on any atom is -0.497 e. The smallest absolute Gasteiger partial charge is 0.279 e. The van der Waals surface area contributed by atoms with Gasteiger partial charge in [0.2, 0.25) is 5.91 Å². The zero-order valence-electron chi connectivity index (χ0n) is 28.2. The van der Waals surface area contributed by atoms with Crippen LogP contribution in [-0.2, 0) is 26.5 Å². The van der Waals surface area contributed by atoms with Crippen LogP contribution in [0, 0.1) is 5.92 Å². The minimum atomic E-state index is -3.00. The Morgan fingerprint density at radius 3 is 2.65 bits per heavy atom. The molecule has 0 unspecified atom stereocenters. The van der Waals surface area contributed by atoms with Crippen molar-refractivity contribution >= 4 is 36.6 Å². The quantitative estimate of drug-likeness (QED) is 0.265. The second kappa shape index (κ2) is 12.5. The van der Waals surface area contributed by atoms with Crippen molar-refractivity contribution in [3.05, 3.63) is 94.4 Å². The van der Waals surface area contributed by atoms with Crippen LogP contribution in [0.2, 0.25) is 18.6 Å². The van der Waals surface area contributed by atoms with E-state index in [1.807, 2.05) is 74.6 Å². The fourth-order valence-corrected chi connectivity index (χ4v) is 11.0. The number of likely N-dealkylation sites (tertiary alicyclic amines) is 1. The molecule has 5 atom stereocenters. The molecule has 11 nitrogen and oxygen atoms in total. The fourth-order valence-electron chi connectivity index (χ4n) is 8.43. The zero-order chi connectivity index (χ0) is 34.7. The third kappa shape index (κ3) is 5.47. The number of hydrogen-bond acceptors (Lipinski definition) is 8. The second-order valence-electron chi connectivity index (χ2n) is 14.0. The van der Waals surface area contributed by atoms with E-state index in [9.17, 15) is 24.3 Å². The molecule has 0 radical (unpaired) electrons. The van der Waals surface area contributed by atoms with Gasteiger partial charge in [0.1, 0.15) is 5.75 Å². The number of methoxy groups -OCH3 is 1. The highest BCUT2D eigenvalue weighted by atomic mass is 28.4. The first kappa shape index (κ1) is 33.1. The Morgan fingerprint density at radius 1 is 1.10 bits per heavy atom. The summed E-state index contributed by atoms with van der Waals surface area (Å²) in [5.74, 6) is -0.315. The van der Waals surface area contributed by atoms with E-state index in [0.29, 0.717) is 34.6 Å². The summed E-state index contributed by atoms with van der Waals surface area (Å²) in [6.07, 6.45) is 2.53. The molecule has 12 heteroatoms. The average Bonchev–Trinajstić information content (AvgIpc) is 3.75. The Bertz CT molecular complexity index is 1990. The molecule has 7 rings (SSSR count). The lowest BCUT2D eigenvalue weighted by Gasteiger charge is -2.33. The van der Waals surface area contributed by atoms with E-state index < -0.39 is 31.5 Å². The molecular formula is C37H42N4O7Si. The van der Waals surface area contributed by atoms with E-state index in [0.717, 1.165) is 23.8 Å². The maximum Gasteiger partial charge on any atom is 0.279 e. The summed E-state index contributed by atoms with van der Waals surface area (Å²) in [4.78, 5) is 57.0. The van der Waals surface area contributed by atoms with Crippen LogP contribution >= 0.6 is 0 Å². The lowest BCUT2D eigenvalue weighted by Crippen LogP contribution is -2.46. The van der Waals surface area contributed by atoms with Crippen LogP contribution in [0.25, 0.3) is 16.5 Å². The first-order chi connectivity index (χ1) is 23.5. The molecule has 3 aromatic carbocycles. The molecule has 2 N–H and O–H groups in total.